The standard InChI is InChI=1S/C18H16F3IN4/c19-18(20,21)16-15-12(22)9-10-23-17(15)26(25-16)14-8-4-3-7-13(14)24-11-5-1-2-6-11/h3-4,7-11,24H,1-2,5-6H2. The van der Waals surface area contributed by atoms with Gasteiger partial charge in [-0.2, -0.15) is 18.3 Å². The Hall–Kier alpha value is -1.84. The molecule has 1 aliphatic carbocycles. The Balaban J connectivity index is 1.89. The summed E-state index contributed by atoms with van der Waals surface area (Å²) in [7, 11) is 0. The predicted octanol–water partition coefficient (Wildman–Crippen LogP) is 5.40. The summed E-state index contributed by atoms with van der Waals surface area (Å²) >= 11 is 1.90. The quantitative estimate of drug-likeness (QED) is 0.520. The molecule has 2 heterocycles. The van der Waals surface area contributed by atoms with E-state index in [0.717, 1.165) is 18.5 Å². The lowest BCUT2D eigenvalue weighted by molar-refractivity contribution is -0.140. The first-order chi connectivity index (χ1) is 12.4. The average molecular weight is 472 g/mol. The van der Waals surface area contributed by atoms with Crippen molar-refractivity contribution in [1.82, 2.24) is 14.8 Å². The molecule has 0 radical (unpaired) electrons. The number of nitrogens with zero attached hydrogens (tertiary/aromatic N) is 3. The summed E-state index contributed by atoms with van der Waals surface area (Å²) in [5, 5.41) is 7.41. The van der Waals surface area contributed by atoms with Crippen LogP contribution in [0.25, 0.3) is 16.7 Å². The van der Waals surface area contributed by atoms with Gasteiger partial charge in [0.15, 0.2) is 11.3 Å². The van der Waals surface area contributed by atoms with Gasteiger partial charge in [0.2, 0.25) is 0 Å². The molecular formula is C18H16F3IN4. The van der Waals surface area contributed by atoms with Crippen LogP contribution in [0.2, 0.25) is 0 Å². The number of fused-ring (bicyclic) bond motifs is 1. The molecule has 136 valence electrons. The molecular weight excluding hydrogens is 456 g/mol. The van der Waals surface area contributed by atoms with Crippen LogP contribution in [0.3, 0.4) is 0 Å². The lowest BCUT2D eigenvalue weighted by atomic mass is 10.2. The number of pyridine rings is 1. The van der Waals surface area contributed by atoms with Crippen LogP contribution >= 0.6 is 22.6 Å². The molecule has 0 atom stereocenters. The summed E-state index contributed by atoms with van der Waals surface area (Å²) in [6, 6.07) is 9.21. The van der Waals surface area contributed by atoms with Crippen molar-refractivity contribution >= 4 is 39.3 Å². The van der Waals surface area contributed by atoms with Crippen molar-refractivity contribution in [1.29, 1.82) is 0 Å². The van der Waals surface area contributed by atoms with Gasteiger partial charge in [0.1, 0.15) is 0 Å². The van der Waals surface area contributed by atoms with Crippen molar-refractivity contribution in [3.8, 4) is 5.69 Å². The first-order valence-corrected chi connectivity index (χ1v) is 9.49. The number of rotatable bonds is 3. The predicted molar refractivity (Wildman–Crippen MR) is 102 cm³/mol. The molecule has 0 amide bonds. The number of nitrogens with one attached hydrogen (secondary N) is 1. The van der Waals surface area contributed by atoms with Crippen molar-refractivity contribution in [3.05, 3.63) is 45.8 Å². The Morgan fingerprint density at radius 2 is 1.85 bits per heavy atom. The van der Waals surface area contributed by atoms with Crippen LogP contribution < -0.4 is 5.32 Å². The summed E-state index contributed by atoms with van der Waals surface area (Å²) < 4.78 is 42.4. The molecule has 8 heteroatoms. The monoisotopic (exact) mass is 472 g/mol. The van der Waals surface area contributed by atoms with Crippen molar-refractivity contribution in [3.63, 3.8) is 0 Å². The zero-order valence-electron chi connectivity index (χ0n) is 13.7. The highest BCUT2D eigenvalue weighted by molar-refractivity contribution is 14.1. The molecule has 1 fully saturated rings. The second-order valence-corrected chi connectivity index (χ2v) is 7.55. The minimum Gasteiger partial charge on any atom is -0.381 e. The minimum absolute atomic E-state index is 0.0382. The lowest BCUT2D eigenvalue weighted by Gasteiger charge is -2.17. The summed E-state index contributed by atoms with van der Waals surface area (Å²) in [5.41, 5.74) is 0.665. The van der Waals surface area contributed by atoms with Gasteiger partial charge >= 0.3 is 6.18 Å². The highest BCUT2D eigenvalue weighted by Gasteiger charge is 2.38. The lowest BCUT2D eigenvalue weighted by Crippen LogP contribution is -2.16. The van der Waals surface area contributed by atoms with E-state index < -0.39 is 11.9 Å². The summed E-state index contributed by atoms with van der Waals surface area (Å²) in [6.45, 7) is 0. The van der Waals surface area contributed by atoms with E-state index in [1.54, 1.807) is 18.2 Å². The van der Waals surface area contributed by atoms with Crippen LogP contribution in [0.1, 0.15) is 31.4 Å². The van der Waals surface area contributed by atoms with Gasteiger partial charge in [-0.25, -0.2) is 9.67 Å². The molecule has 26 heavy (non-hydrogen) atoms. The second-order valence-electron chi connectivity index (χ2n) is 6.39. The first kappa shape index (κ1) is 17.6. The topological polar surface area (TPSA) is 42.7 Å². The maximum atomic E-state index is 13.5. The largest absolute Gasteiger partial charge is 0.435 e. The zero-order chi connectivity index (χ0) is 18.3. The van der Waals surface area contributed by atoms with E-state index in [9.17, 15) is 13.2 Å². The van der Waals surface area contributed by atoms with Gasteiger partial charge in [0.05, 0.1) is 16.8 Å². The van der Waals surface area contributed by atoms with Gasteiger partial charge in [0.25, 0.3) is 0 Å². The van der Waals surface area contributed by atoms with Gasteiger partial charge in [-0.3, -0.25) is 0 Å². The smallest absolute Gasteiger partial charge is 0.381 e. The number of aromatic nitrogens is 3. The maximum absolute atomic E-state index is 13.5. The third-order valence-corrected chi connectivity index (χ3v) is 5.53. The molecule has 3 aromatic rings. The molecule has 0 saturated heterocycles. The zero-order valence-corrected chi connectivity index (χ0v) is 15.9. The van der Waals surface area contributed by atoms with Crippen molar-refractivity contribution in [2.24, 2.45) is 0 Å². The van der Waals surface area contributed by atoms with E-state index in [4.69, 9.17) is 0 Å². The van der Waals surface area contributed by atoms with Crippen molar-refractivity contribution in [2.75, 3.05) is 5.32 Å². The Kier molecular flexibility index (Phi) is 4.54. The summed E-state index contributed by atoms with van der Waals surface area (Å²) in [5.74, 6) is 0. The Labute approximate surface area is 161 Å². The second kappa shape index (κ2) is 6.71. The van der Waals surface area contributed by atoms with E-state index in [2.05, 4.69) is 15.4 Å². The molecule has 1 N–H and O–H groups in total. The van der Waals surface area contributed by atoms with E-state index in [1.165, 1.54) is 23.7 Å². The first-order valence-electron chi connectivity index (χ1n) is 8.41. The van der Waals surface area contributed by atoms with Crippen molar-refractivity contribution in [2.45, 2.75) is 37.9 Å². The van der Waals surface area contributed by atoms with Gasteiger partial charge in [-0.15, -0.1) is 0 Å². The number of benzene rings is 1. The number of halogens is 4. The molecule has 4 nitrogen and oxygen atoms in total. The molecule has 0 aliphatic heterocycles. The van der Waals surface area contributed by atoms with E-state index in [0.29, 0.717) is 15.3 Å². The van der Waals surface area contributed by atoms with Crippen LogP contribution in [-0.4, -0.2) is 20.8 Å². The van der Waals surface area contributed by atoms with Gasteiger partial charge in [-0.1, -0.05) is 25.0 Å². The summed E-state index contributed by atoms with van der Waals surface area (Å²) in [6.07, 6.45) is 1.44. The fraction of sp³-hybridized carbons (Fsp3) is 0.333. The highest BCUT2D eigenvalue weighted by atomic mass is 127. The van der Waals surface area contributed by atoms with Crippen LogP contribution in [0, 0.1) is 3.57 Å². The average Bonchev–Trinajstić information content (AvgIpc) is 3.23. The molecule has 0 bridgehead atoms. The van der Waals surface area contributed by atoms with Gasteiger partial charge in [-0.05, 0) is 53.6 Å². The number of para-hydroxylation sites is 2. The van der Waals surface area contributed by atoms with Crippen LogP contribution in [0.5, 0.6) is 0 Å². The molecule has 4 rings (SSSR count). The minimum atomic E-state index is -4.54. The molecule has 0 unspecified atom stereocenters. The van der Waals surface area contributed by atoms with Gasteiger partial charge < -0.3 is 5.32 Å². The number of hydrogen-bond acceptors (Lipinski definition) is 3. The van der Waals surface area contributed by atoms with Crippen molar-refractivity contribution < 1.29 is 13.2 Å². The molecule has 1 aromatic carbocycles. The van der Waals surface area contributed by atoms with E-state index in [1.807, 2.05) is 34.7 Å². The van der Waals surface area contributed by atoms with Crippen LogP contribution in [0.15, 0.2) is 36.5 Å². The molecule has 0 spiro atoms. The third kappa shape index (κ3) is 3.15. The van der Waals surface area contributed by atoms with Crippen LogP contribution in [0.4, 0.5) is 18.9 Å². The molecule has 2 aromatic heterocycles. The number of hydrogen-bond donors (Lipinski definition) is 1. The SMILES string of the molecule is FC(F)(F)c1nn(-c2ccccc2NC2CCCC2)c2nccc(I)c12. The molecule has 1 saturated carbocycles. The number of anilines is 1. The third-order valence-electron chi connectivity index (χ3n) is 4.63. The van der Waals surface area contributed by atoms with E-state index in [-0.39, 0.29) is 11.0 Å². The Morgan fingerprint density at radius 1 is 1.12 bits per heavy atom. The Bertz CT molecular complexity index is 945. The van der Waals surface area contributed by atoms with Crippen LogP contribution in [-0.2, 0) is 6.18 Å². The maximum Gasteiger partial charge on any atom is 0.435 e. The van der Waals surface area contributed by atoms with E-state index >= 15 is 0 Å². The highest BCUT2D eigenvalue weighted by Crippen LogP contribution is 2.37. The Morgan fingerprint density at radius 3 is 2.58 bits per heavy atom. The number of alkyl halides is 3. The normalized spacial score (nSPS) is 15.7. The fourth-order valence-electron chi connectivity index (χ4n) is 3.44. The summed E-state index contributed by atoms with van der Waals surface area (Å²) in [4.78, 5) is 4.19. The fourth-order valence-corrected chi connectivity index (χ4v) is 4.10. The van der Waals surface area contributed by atoms with Gasteiger partial charge in [0, 0.05) is 15.8 Å². The molecule has 1 aliphatic rings.